The first kappa shape index (κ1) is 14.2. The molecule has 6 nitrogen and oxygen atoms in total. The van der Waals surface area contributed by atoms with Crippen LogP contribution in [0.2, 0.25) is 0 Å². The topological polar surface area (TPSA) is 87.6 Å². The molecule has 0 radical (unpaired) electrons. The number of nitrogens with zero attached hydrogens (tertiary/aromatic N) is 1. The molecule has 0 saturated heterocycles. The van der Waals surface area contributed by atoms with Crippen molar-refractivity contribution >= 4 is 21.6 Å². The van der Waals surface area contributed by atoms with Gasteiger partial charge in [-0.25, -0.2) is 0 Å². The van der Waals surface area contributed by atoms with Crippen LogP contribution in [-0.4, -0.2) is 29.8 Å². The second-order valence-electron chi connectivity index (χ2n) is 4.34. The number of halogens is 1. The number of nitro groups is 1. The van der Waals surface area contributed by atoms with E-state index >= 15 is 0 Å². The summed E-state index contributed by atoms with van der Waals surface area (Å²) in [5.41, 5.74) is 5.76. The summed E-state index contributed by atoms with van der Waals surface area (Å²) in [4.78, 5) is 10.5. The average molecular weight is 331 g/mol. The minimum atomic E-state index is -0.464. The zero-order valence-electron chi connectivity index (χ0n) is 10.4. The van der Waals surface area contributed by atoms with Gasteiger partial charge in [-0.3, -0.25) is 10.1 Å². The van der Waals surface area contributed by atoms with Gasteiger partial charge < -0.3 is 15.2 Å². The van der Waals surface area contributed by atoms with Gasteiger partial charge >= 0.3 is 5.69 Å². The number of hydrogen-bond acceptors (Lipinski definition) is 5. The molecule has 0 heterocycles. The van der Waals surface area contributed by atoms with E-state index in [1.165, 1.54) is 6.07 Å². The molecule has 7 heteroatoms. The lowest BCUT2D eigenvalue weighted by Crippen LogP contribution is -2.59. The van der Waals surface area contributed by atoms with E-state index in [9.17, 15) is 10.1 Å². The van der Waals surface area contributed by atoms with E-state index in [1.807, 2.05) is 6.92 Å². The molecule has 1 aromatic rings. The Morgan fingerprint density at radius 2 is 2.32 bits per heavy atom. The fourth-order valence-electron chi connectivity index (χ4n) is 2.05. The Morgan fingerprint density at radius 3 is 2.89 bits per heavy atom. The number of ether oxygens (including phenoxy) is 2. The molecule has 19 heavy (non-hydrogen) atoms. The molecule has 3 atom stereocenters. The second-order valence-corrected chi connectivity index (χ2v) is 5.26. The summed E-state index contributed by atoms with van der Waals surface area (Å²) in [6.07, 6.45) is 0.209. The van der Waals surface area contributed by atoms with E-state index in [4.69, 9.17) is 15.2 Å². The summed E-state index contributed by atoms with van der Waals surface area (Å²) >= 11 is 3.20. The molecule has 1 aliphatic carbocycles. The van der Waals surface area contributed by atoms with Gasteiger partial charge in [-0.15, -0.1) is 0 Å². The molecule has 1 aliphatic rings. The number of hydrogen-bond donors (Lipinski definition) is 1. The molecular formula is C12H15BrN2O4. The molecule has 0 aliphatic heterocycles. The highest BCUT2D eigenvalue weighted by molar-refractivity contribution is 9.10. The first-order valence-corrected chi connectivity index (χ1v) is 6.80. The number of nitro benzene ring substituents is 1. The van der Waals surface area contributed by atoms with Gasteiger partial charge in [0.25, 0.3) is 0 Å². The highest BCUT2D eigenvalue weighted by Gasteiger charge is 2.42. The maximum atomic E-state index is 11.0. The van der Waals surface area contributed by atoms with Crippen LogP contribution >= 0.6 is 15.9 Å². The Labute approximate surface area is 119 Å². The smallest absolute Gasteiger partial charge is 0.312 e. The van der Waals surface area contributed by atoms with Gasteiger partial charge in [0.05, 0.1) is 4.92 Å². The summed E-state index contributed by atoms with van der Waals surface area (Å²) in [7, 11) is 0. The van der Waals surface area contributed by atoms with Crippen molar-refractivity contribution in [1.82, 2.24) is 0 Å². The predicted molar refractivity (Wildman–Crippen MR) is 73.2 cm³/mol. The van der Waals surface area contributed by atoms with E-state index in [0.29, 0.717) is 17.5 Å². The van der Waals surface area contributed by atoms with Crippen molar-refractivity contribution in [2.75, 3.05) is 6.61 Å². The summed E-state index contributed by atoms with van der Waals surface area (Å²) in [5, 5.41) is 11.0. The zero-order chi connectivity index (χ0) is 14.0. The van der Waals surface area contributed by atoms with Crippen LogP contribution in [0, 0.1) is 10.1 Å². The maximum Gasteiger partial charge on any atom is 0.312 e. The Bertz CT molecular complexity index is 483. The highest BCUT2D eigenvalue weighted by Crippen LogP contribution is 2.34. The van der Waals surface area contributed by atoms with Crippen LogP contribution in [0.4, 0.5) is 5.69 Å². The molecule has 3 unspecified atom stereocenters. The highest BCUT2D eigenvalue weighted by atomic mass is 79.9. The summed E-state index contributed by atoms with van der Waals surface area (Å²) in [6, 6.07) is 4.63. The zero-order valence-corrected chi connectivity index (χ0v) is 12.0. The monoisotopic (exact) mass is 330 g/mol. The van der Waals surface area contributed by atoms with Gasteiger partial charge in [-0.2, -0.15) is 0 Å². The standard InChI is InChI=1S/C12H15BrN2O4/c1-2-18-12-8(14)6-11(12)19-10-4-3-7(13)5-9(10)15(16)17/h3-5,8,11-12H,2,6,14H2,1H3. The van der Waals surface area contributed by atoms with Crippen LogP contribution in [0.15, 0.2) is 22.7 Å². The van der Waals surface area contributed by atoms with E-state index in [2.05, 4.69) is 15.9 Å². The Balaban J connectivity index is 2.13. The van der Waals surface area contributed by atoms with E-state index in [1.54, 1.807) is 12.1 Å². The summed E-state index contributed by atoms with van der Waals surface area (Å²) in [6.45, 7) is 2.42. The Kier molecular flexibility index (Phi) is 4.38. The molecule has 1 aromatic carbocycles. The van der Waals surface area contributed by atoms with Crippen molar-refractivity contribution in [2.45, 2.75) is 31.6 Å². The minimum Gasteiger partial charge on any atom is -0.481 e. The van der Waals surface area contributed by atoms with Gasteiger partial charge in [-0.1, -0.05) is 15.9 Å². The van der Waals surface area contributed by atoms with E-state index in [-0.39, 0.29) is 29.7 Å². The predicted octanol–water partition coefficient (Wildman–Crippen LogP) is 2.24. The first-order chi connectivity index (χ1) is 9.02. The van der Waals surface area contributed by atoms with E-state index < -0.39 is 4.92 Å². The SMILES string of the molecule is CCOC1C(N)CC1Oc1ccc(Br)cc1[N+](=O)[O-]. The normalized spacial score (nSPS) is 25.7. The third-order valence-electron chi connectivity index (χ3n) is 3.05. The summed E-state index contributed by atoms with van der Waals surface area (Å²) in [5.74, 6) is 0.245. The molecule has 2 rings (SSSR count). The van der Waals surface area contributed by atoms with Crippen molar-refractivity contribution in [3.05, 3.63) is 32.8 Å². The van der Waals surface area contributed by atoms with Crippen LogP contribution in [0.3, 0.4) is 0 Å². The van der Waals surface area contributed by atoms with Gasteiger partial charge in [0.1, 0.15) is 12.2 Å². The quantitative estimate of drug-likeness (QED) is 0.660. The summed E-state index contributed by atoms with van der Waals surface area (Å²) < 4.78 is 11.8. The molecular weight excluding hydrogens is 316 g/mol. The van der Waals surface area contributed by atoms with E-state index in [0.717, 1.165) is 0 Å². The molecule has 0 spiro atoms. The van der Waals surface area contributed by atoms with Crippen LogP contribution in [0.1, 0.15) is 13.3 Å². The number of rotatable bonds is 5. The molecule has 104 valence electrons. The molecule has 0 aromatic heterocycles. The van der Waals surface area contributed by atoms with Crippen molar-refractivity contribution in [1.29, 1.82) is 0 Å². The second kappa shape index (κ2) is 5.85. The fourth-order valence-corrected chi connectivity index (χ4v) is 2.40. The lowest BCUT2D eigenvalue weighted by Gasteiger charge is -2.41. The molecule has 0 bridgehead atoms. The third kappa shape index (κ3) is 3.05. The van der Waals surface area contributed by atoms with Gasteiger partial charge in [0, 0.05) is 29.6 Å². The molecule has 1 saturated carbocycles. The van der Waals surface area contributed by atoms with Crippen molar-refractivity contribution in [3.63, 3.8) is 0 Å². The van der Waals surface area contributed by atoms with Gasteiger partial charge in [0.2, 0.25) is 0 Å². The molecule has 0 amide bonds. The average Bonchev–Trinajstić information content (AvgIpc) is 2.37. The van der Waals surface area contributed by atoms with Crippen LogP contribution in [-0.2, 0) is 4.74 Å². The van der Waals surface area contributed by atoms with Crippen LogP contribution < -0.4 is 10.5 Å². The Morgan fingerprint density at radius 1 is 1.58 bits per heavy atom. The maximum absolute atomic E-state index is 11.0. The van der Waals surface area contributed by atoms with Crippen LogP contribution in [0.25, 0.3) is 0 Å². The molecule has 2 N–H and O–H groups in total. The first-order valence-electron chi connectivity index (χ1n) is 6.00. The lowest BCUT2D eigenvalue weighted by atomic mass is 9.86. The Hall–Kier alpha value is -1.18. The number of benzene rings is 1. The minimum absolute atomic E-state index is 0.0647. The lowest BCUT2D eigenvalue weighted by molar-refractivity contribution is -0.386. The van der Waals surface area contributed by atoms with Gasteiger partial charge in [0.15, 0.2) is 5.75 Å². The third-order valence-corrected chi connectivity index (χ3v) is 3.54. The van der Waals surface area contributed by atoms with Crippen molar-refractivity contribution in [2.24, 2.45) is 5.73 Å². The van der Waals surface area contributed by atoms with Crippen molar-refractivity contribution < 1.29 is 14.4 Å². The molecule has 1 fully saturated rings. The number of nitrogens with two attached hydrogens (primary N) is 1. The largest absolute Gasteiger partial charge is 0.481 e. The van der Waals surface area contributed by atoms with Gasteiger partial charge in [-0.05, 0) is 19.1 Å². The fraction of sp³-hybridized carbons (Fsp3) is 0.500. The van der Waals surface area contributed by atoms with Crippen molar-refractivity contribution in [3.8, 4) is 5.75 Å². The van der Waals surface area contributed by atoms with Crippen LogP contribution in [0.5, 0.6) is 5.75 Å².